The van der Waals surface area contributed by atoms with Crippen LogP contribution in [0.25, 0.3) is 0 Å². The van der Waals surface area contributed by atoms with Gasteiger partial charge in [0, 0.05) is 18.9 Å². The molecule has 16 heavy (non-hydrogen) atoms. The van der Waals surface area contributed by atoms with E-state index in [4.69, 9.17) is 0 Å². The molecular formula is C13H21NO2. The molecule has 0 aromatic rings. The first-order chi connectivity index (χ1) is 7.38. The van der Waals surface area contributed by atoms with Crippen molar-refractivity contribution in [1.82, 2.24) is 4.90 Å². The highest BCUT2D eigenvalue weighted by atomic mass is 16.2. The summed E-state index contributed by atoms with van der Waals surface area (Å²) in [6, 6.07) is 0. The van der Waals surface area contributed by atoms with Crippen LogP contribution in [0.3, 0.4) is 0 Å². The smallest absolute Gasteiger partial charge is 0.223 e. The summed E-state index contributed by atoms with van der Waals surface area (Å²) in [6.45, 7) is 7.61. The van der Waals surface area contributed by atoms with Crippen LogP contribution < -0.4 is 0 Å². The molecule has 2 aliphatic rings. The Kier molecular flexibility index (Phi) is 2.81. The van der Waals surface area contributed by atoms with Crippen LogP contribution in [-0.4, -0.2) is 29.7 Å². The lowest BCUT2D eigenvalue weighted by molar-refractivity contribution is -0.132. The molecule has 1 aliphatic heterocycles. The number of carbonyl (C=O) groups excluding carboxylic acids is 2. The first-order valence-electron chi connectivity index (χ1n) is 6.18. The second-order valence-electron chi connectivity index (χ2n) is 6.28. The van der Waals surface area contributed by atoms with Gasteiger partial charge in [0.1, 0.15) is 0 Å². The molecule has 1 amide bonds. The molecule has 0 aromatic heterocycles. The summed E-state index contributed by atoms with van der Waals surface area (Å²) in [7, 11) is 0. The van der Waals surface area contributed by atoms with Crippen molar-refractivity contribution >= 4 is 11.7 Å². The second kappa shape index (κ2) is 3.86. The Balaban J connectivity index is 1.91. The molecule has 2 fully saturated rings. The van der Waals surface area contributed by atoms with Gasteiger partial charge in [-0.05, 0) is 24.2 Å². The monoisotopic (exact) mass is 223 g/mol. The van der Waals surface area contributed by atoms with E-state index in [-0.39, 0.29) is 23.0 Å². The van der Waals surface area contributed by atoms with Crippen molar-refractivity contribution < 1.29 is 9.59 Å². The van der Waals surface area contributed by atoms with Gasteiger partial charge < -0.3 is 4.90 Å². The number of Topliss-reactive ketones (excluding diaryl/α,β-unsaturated/α-hetero) is 1. The molecule has 1 saturated heterocycles. The highest BCUT2D eigenvalue weighted by molar-refractivity contribution is 5.89. The Hall–Kier alpha value is -0.860. The Bertz CT molecular complexity index is 312. The molecule has 0 radical (unpaired) electrons. The van der Waals surface area contributed by atoms with Crippen molar-refractivity contribution in [3.05, 3.63) is 0 Å². The summed E-state index contributed by atoms with van der Waals surface area (Å²) < 4.78 is 0. The van der Waals surface area contributed by atoms with Crippen LogP contribution in [0.5, 0.6) is 0 Å². The van der Waals surface area contributed by atoms with Crippen LogP contribution >= 0.6 is 0 Å². The highest BCUT2D eigenvalue weighted by Gasteiger charge is 2.39. The largest absolute Gasteiger partial charge is 0.335 e. The van der Waals surface area contributed by atoms with Crippen LogP contribution in [0.15, 0.2) is 0 Å². The lowest BCUT2D eigenvalue weighted by atomic mass is 9.80. The van der Waals surface area contributed by atoms with E-state index >= 15 is 0 Å². The molecule has 0 spiro atoms. The molecule has 90 valence electrons. The van der Waals surface area contributed by atoms with Crippen LogP contribution in [-0.2, 0) is 9.59 Å². The van der Waals surface area contributed by atoms with E-state index < -0.39 is 0 Å². The van der Waals surface area contributed by atoms with Crippen LogP contribution in [0.1, 0.15) is 40.0 Å². The van der Waals surface area contributed by atoms with Gasteiger partial charge in [-0.3, -0.25) is 9.59 Å². The first-order valence-corrected chi connectivity index (χ1v) is 6.18. The van der Waals surface area contributed by atoms with Crippen molar-refractivity contribution in [3.63, 3.8) is 0 Å². The third kappa shape index (κ3) is 2.45. The molecule has 3 nitrogen and oxygen atoms in total. The Morgan fingerprint density at radius 2 is 2.00 bits per heavy atom. The van der Waals surface area contributed by atoms with Gasteiger partial charge in [-0.2, -0.15) is 0 Å². The maximum absolute atomic E-state index is 11.8. The van der Waals surface area contributed by atoms with Crippen LogP contribution in [0.2, 0.25) is 0 Å². The summed E-state index contributed by atoms with van der Waals surface area (Å²) in [4.78, 5) is 25.2. The Morgan fingerprint density at radius 1 is 1.38 bits per heavy atom. The average molecular weight is 223 g/mol. The quantitative estimate of drug-likeness (QED) is 0.732. The SMILES string of the molecule is CC(C)(C)C1CC(=O)N(CC(=O)C2CC2)C1. The number of ketones is 1. The molecule has 3 heteroatoms. The van der Waals surface area contributed by atoms with E-state index in [0.717, 1.165) is 19.4 Å². The van der Waals surface area contributed by atoms with Crippen molar-refractivity contribution in [3.8, 4) is 0 Å². The predicted molar refractivity (Wildman–Crippen MR) is 61.9 cm³/mol. The number of likely N-dealkylation sites (tertiary alicyclic amines) is 1. The van der Waals surface area contributed by atoms with Gasteiger partial charge in [-0.25, -0.2) is 0 Å². The fourth-order valence-electron chi connectivity index (χ4n) is 2.23. The molecule has 0 N–H and O–H groups in total. The van der Waals surface area contributed by atoms with Gasteiger partial charge in [0.25, 0.3) is 0 Å². The summed E-state index contributed by atoms with van der Waals surface area (Å²) >= 11 is 0. The minimum absolute atomic E-state index is 0.160. The molecule has 1 aliphatic carbocycles. The molecule has 0 bridgehead atoms. The minimum atomic E-state index is 0.160. The van der Waals surface area contributed by atoms with Crippen molar-refractivity contribution in [2.45, 2.75) is 40.0 Å². The minimum Gasteiger partial charge on any atom is -0.335 e. The van der Waals surface area contributed by atoms with Crippen molar-refractivity contribution in [2.75, 3.05) is 13.1 Å². The van der Waals surface area contributed by atoms with E-state index in [9.17, 15) is 9.59 Å². The highest BCUT2D eigenvalue weighted by Crippen LogP contribution is 2.35. The summed E-state index contributed by atoms with van der Waals surface area (Å²) in [6.07, 6.45) is 2.68. The van der Waals surface area contributed by atoms with Gasteiger partial charge in [0.15, 0.2) is 5.78 Å². The number of nitrogens with zero attached hydrogens (tertiary/aromatic N) is 1. The fraction of sp³-hybridized carbons (Fsp3) is 0.846. The molecular weight excluding hydrogens is 202 g/mol. The molecule has 1 atom stereocenters. The van der Waals surface area contributed by atoms with Gasteiger partial charge >= 0.3 is 0 Å². The van der Waals surface area contributed by atoms with Crippen molar-refractivity contribution in [1.29, 1.82) is 0 Å². The van der Waals surface area contributed by atoms with Gasteiger partial charge in [-0.1, -0.05) is 20.8 Å². The summed E-state index contributed by atoms with van der Waals surface area (Å²) in [5, 5.41) is 0. The van der Waals surface area contributed by atoms with Gasteiger partial charge in [-0.15, -0.1) is 0 Å². The normalized spacial score (nSPS) is 26.3. The molecule has 1 unspecified atom stereocenters. The molecule has 1 saturated carbocycles. The van der Waals surface area contributed by atoms with E-state index in [0.29, 0.717) is 18.9 Å². The Morgan fingerprint density at radius 3 is 2.44 bits per heavy atom. The number of hydrogen-bond acceptors (Lipinski definition) is 2. The number of amides is 1. The zero-order valence-corrected chi connectivity index (χ0v) is 10.5. The first kappa shape index (κ1) is 11.6. The maximum Gasteiger partial charge on any atom is 0.223 e. The predicted octanol–water partition coefficient (Wildman–Crippen LogP) is 1.86. The number of carbonyl (C=O) groups is 2. The van der Waals surface area contributed by atoms with Crippen LogP contribution in [0.4, 0.5) is 0 Å². The lowest BCUT2D eigenvalue weighted by Gasteiger charge is -2.26. The summed E-state index contributed by atoms with van der Waals surface area (Å²) in [5.41, 5.74) is 0.160. The number of hydrogen-bond donors (Lipinski definition) is 0. The van der Waals surface area contributed by atoms with Gasteiger partial charge in [0.05, 0.1) is 6.54 Å². The maximum atomic E-state index is 11.8. The third-order valence-electron chi connectivity index (χ3n) is 3.82. The standard InChI is InChI=1S/C13H21NO2/c1-13(2,3)10-6-12(16)14(7-10)8-11(15)9-4-5-9/h9-10H,4-8H2,1-3H3. The van der Waals surface area contributed by atoms with Gasteiger partial charge in [0.2, 0.25) is 5.91 Å². The third-order valence-corrected chi connectivity index (χ3v) is 3.82. The van der Waals surface area contributed by atoms with Crippen molar-refractivity contribution in [2.24, 2.45) is 17.3 Å². The molecule has 1 heterocycles. The zero-order chi connectivity index (χ0) is 11.9. The summed E-state index contributed by atoms with van der Waals surface area (Å²) in [5.74, 6) is 1.09. The topological polar surface area (TPSA) is 37.4 Å². The zero-order valence-electron chi connectivity index (χ0n) is 10.5. The van der Waals surface area contributed by atoms with E-state index in [1.165, 1.54) is 0 Å². The van der Waals surface area contributed by atoms with Crippen LogP contribution in [0, 0.1) is 17.3 Å². The van der Waals surface area contributed by atoms with E-state index in [1.807, 2.05) is 0 Å². The Labute approximate surface area is 97.2 Å². The van der Waals surface area contributed by atoms with E-state index in [2.05, 4.69) is 20.8 Å². The average Bonchev–Trinajstić information content (AvgIpc) is 2.92. The second-order valence-corrected chi connectivity index (χ2v) is 6.28. The fourth-order valence-corrected chi connectivity index (χ4v) is 2.23. The lowest BCUT2D eigenvalue weighted by Crippen LogP contribution is -2.33. The number of rotatable bonds is 3. The molecule has 2 rings (SSSR count). The molecule has 0 aromatic carbocycles. The van der Waals surface area contributed by atoms with E-state index in [1.54, 1.807) is 4.90 Å².